The van der Waals surface area contributed by atoms with Crippen LogP contribution in [-0.2, 0) is 17.4 Å². The minimum absolute atomic E-state index is 0.0498. The van der Waals surface area contributed by atoms with Gasteiger partial charge >= 0.3 is 6.18 Å². The molecule has 1 aromatic heterocycles. The molecule has 0 aliphatic carbocycles. The normalized spacial score (nSPS) is 16.9. The van der Waals surface area contributed by atoms with Crippen LogP contribution in [0.15, 0.2) is 52.3 Å². The SMILES string of the molecule is O=C(NCC1CCN(CCCc2ccc(C(F)(F)F)cc2)CC1)C1=Cc2[nH]nc3cccc(c23)S1. The number of aromatic amines is 1. The third kappa shape index (κ3) is 5.56. The van der Waals surface area contributed by atoms with Crippen molar-refractivity contribution in [2.24, 2.45) is 5.92 Å². The standard InChI is InChI=1S/C26H27F3N4OS/c27-26(28,29)19-8-6-17(7-9-19)3-2-12-33-13-10-18(11-14-33)16-30-25(34)23-15-21-24-20(31-32-21)4-1-5-22(24)35-23/h1,4-9,15,18H,2-3,10-14,16H2,(H,30,34)(H,31,32). The Morgan fingerprint density at radius 2 is 1.91 bits per heavy atom. The van der Waals surface area contributed by atoms with E-state index in [1.807, 2.05) is 24.3 Å². The molecule has 5 rings (SSSR count). The zero-order valence-electron chi connectivity index (χ0n) is 19.2. The fraction of sp³-hybridized carbons (Fsp3) is 0.385. The molecule has 3 heterocycles. The maximum atomic E-state index is 12.8. The highest BCUT2D eigenvalue weighted by Gasteiger charge is 2.30. The minimum atomic E-state index is -4.29. The highest BCUT2D eigenvalue weighted by molar-refractivity contribution is 8.04. The molecule has 3 aromatic rings. The van der Waals surface area contributed by atoms with Gasteiger partial charge in [0.05, 0.1) is 21.7 Å². The molecule has 1 saturated heterocycles. The monoisotopic (exact) mass is 500 g/mol. The van der Waals surface area contributed by atoms with Crippen molar-refractivity contribution in [1.82, 2.24) is 20.4 Å². The Balaban J connectivity index is 1.03. The first-order chi connectivity index (χ1) is 16.9. The number of nitrogens with one attached hydrogen (secondary N) is 2. The molecule has 1 amide bonds. The third-order valence-electron chi connectivity index (χ3n) is 6.77. The van der Waals surface area contributed by atoms with Crippen LogP contribution in [0, 0.1) is 5.92 Å². The maximum Gasteiger partial charge on any atom is 0.416 e. The van der Waals surface area contributed by atoms with E-state index < -0.39 is 11.7 Å². The van der Waals surface area contributed by atoms with E-state index in [-0.39, 0.29) is 5.91 Å². The summed E-state index contributed by atoms with van der Waals surface area (Å²) in [6.45, 7) is 3.55. The Bertz CT molecular complexity index is 1230. The summed E-state index contributed by atoms with van der Waals surface area (Å²) < 4.78 is 38.1. The van der Waals surface area contributed by atoms with Crippen molar-refractivity contribution in [3.05, 3.63) is 64.2 Å². The zero-order valence-corrected chi connectivity index (χ0v) is 20.0. The lowest BCUT2D eigenvalue weighted by atomic mass is 9.96. The summed E-state index contributed by atoms with van der Waals surface area (Å²) in [5.41, 5.74) is 2.12. The summed E-state index contributed by atoms with van der Waals surface area (Å²) >= 11 is 1.48. The van der Waals surface area contributed by atoms with Crippen molar-refractivity contribution in [1.29, 1.82) is 0 Å². The Labute approximate surface area is 206 Å². The molecule has 0 radical (unpaired) electrons. The van der Waals surface area contributed by atoms with Gasteiger partial charge in [-0.2, -0.15) is 18.3 Å². The molecular formula is C26H27F3N4OS. The van der Waals surface area contributed by atoms with Crippen LogP contribution >= 0.6 is 11.8 Å². The number of amides is 1. The fourth-order valence-corrected chi connectivity index (χ4v) is 5.79. The van der Waals surface area contributed by atoms with Crippen LogP contribution in [-0.4, -0.2) is 47.2 Å². The Morgan fingerprint density at radius 3 is 2.66 bits per heavy atom. The van der Waals surface area contributed by atoms with Crippen LogP contribution in [0.25, 0.3) is 17.0 Å². The van der Waals surface area contributed by atoms with Crippen molar-refractivity contribution in [3.8, 4) is 0 Å². The number of alkyl halides is 3. The highest BCUT2D eigenvalue weighted by atomic mass is 32.2. The average Bonchev–Trinajstić information content (AvgIpc) is 3.27. The lowest BCUT2D eigenvalue weighted by Crippen LogP contribution is -2.39. The van der Waals surface area contributed by atoms with Gasteiger partial charge in [-0.25, -0.2) is 0 Å². The number of aryl methyl sites for hydroxylation is 1. The number of aromatic nitrogens is 2. The molecule has 0 bridgehead atoms. The van der Waals surface area contributed by atoms with Gasteiger partial charge in [0.1, 0.15) is 0 Å². The smallest absolute Gasteiger partial charge is 0.351 e. The zero-order chi connectivity index (χ0) is 24.4. The first-order valence-electron chi connectivity index (χ1n) is 11.9. The molecule has 0 saturated carbocycles. The minimum Gasteiger partial charge on any atom is -0.351 e. The van der Waals surface area contributed by atoms with Gasteiger partial charge in [0.2, 0.25) is 0 Å². The second kappa shape index (κ2) is 10.1. The molecule has 0 unspecified atom stereocenters. The van der Waals surface area contributed by atoms with E-state index in [4.69, 9.17) is 0 Å². The van der Waals surface area contributed by atoms with E-state index in [1.54, 1.807) is 12.1 Å². The van der Waals surface area contributed by atoms with Gasteiger partial charge in [0.25, 0.3) is 5.91 Å². The lowest BCUT2D eigenvalue weighted by Gasteiger charge is -2.32. The quantitative estimate of drug-likeness (QED) is 0.451. The molecule has 5 nitrogen and oxygen atoms in total. The summed E-state index contributed by atoms with van der Waals surface area (Å²) in [6, 6.07) is 11.4. The number of hydrogen-bond acceptors (Lipinski definition) is 4. The average molecular weight is 501 g/mol. The Kier molecular flexibility index (Phi) is 6.88. The molecule has 0 spiro atoms. The van der Waals surface area contributed by atoms with Crippen molar-refractivity contribution in [3.63, 3.8) is 0 Å². The predicted molar refractivity (Wildman–Crippen MR) is 132 cm³/mol. The molecule has 2 aromatic carbocycles. The Hall–Kier alpha value is -2.78. The first kappa shape index (κ1) is 23.9. The summed E-state index contributed by atoms with van der Waals surface area (Å²) in [6.07, 6.45) is 1.33. The molecule has 35 heavy (non-hydrogen) atoms. The van der Waals surface area contributed by atoms with Crippen LogP contribution in [0.4, 0.5) is 13.2 Å². The van der Waals surface area contributed by atoms with Crippen LogP contribution in [0.1, 0.15) is 36.1 Å². The van der Waals surface area contributed by atoms with E-state index in [0.717, 1.165) is 84.5 Å². The summed E-state index contributed by atoms with van der Waals surface area (Å²) in [5.74, 6) is 0.400. The van der Waals surface area contributed by atoms with Gasteiger partial charge in [0, 0.05) is 16.8 Å². The number of rotatable bonds is 7. The topological polar surface area (TPSA) is 61.0 Å². The molecule has 2 aliphatic heterocycles. The lowest BCUT2D eigenvalue weighted by molar-refractivity contribution is -0.137. The number of H-pyrrole nitrogens is 1. The van der Waals surface area contributed by atoms with Crippen molar-refractivity contribution in [2.75, 3.05) is 26.2 Å². The number of halogens is 3. The predicted octanol–water partition coefficient (Wildman–Crippen LogP) is 5.49. The largest absolute Gasteiger partial charge is 0.416 e. The number of carbonyl (C=O) groups is 1. The van der Waals surface area contributed by atoms with Crippen LogP contribution in [0.5, 0.6) is 0 Å². The van der Waals surface area contributed by atoms with E-state index >= 15 is 0 Å². The van der Waals surface area contributed by atoms with Crippen LogP contribution < -0.4 is 5.32 Å². The maximum absolute atomic E-state index is 12.8. The molecule has 1 fully saturated rings. The number of likely N-dealkylation sites (tertiary alicyclic amines) is 1. The van der Waals surface area contributed by atoms with Crippen molar-refractivity contribution < 1.29 is 18.0 Å². The highest BCUT2D eigenvalue weighted by Crippen LogP contribution is 2.39. The second-order valence-corrected chi connectivity index (χ2v) is 10.3. The fourth-order valence-electron chi connectivity index (χ4n) is 4.75. The summed E-state index contributed by atoms with van der Waals surface area (Å²) in [4.78, 5) is 16.9. The summed E-state index contributed by atoms with van der Waals surface area (Å²) in [7, 11) is 0. The second-order valence-electron chi connectivity index (χ2n) is 9.19. The van der Waals surface area contributed by atoms with Crippen LogP contribution in [0.3, 0.4) is 0 Å². The number of thioether (sulfide) groups is 1. The van der Waals surface area contributed by atoms with Gasteiger partial charge in [-0.15, -0.1) is 0 Å². The molecular weight excluding hydrogens is 473 g/mol. The molecule has 2 aliphatic rings. The summed E-state index contributed by atoms with van der Waals surface area (Å²) in [5, 5.41) is 11.5. The van der Waals surface area contributed by atoms with E-state index in [0.29, 0.717) is 17.4 Å². The van der Waals surface area contributed by atoms with Gasteiger partial charge in [-0.3, -0.25) is 9.89 Å². The molecule has 9 heteroatoms. The molecule has 184 valence electrons. The number of nitrogens with zero attached hydrogens (tertiary/aromatic N) is 2. The van der Waals surface area contributed by atoms with E-state index in [1.165, 1.54) is 11.8 Å². The molecule has 0 atom stereocenters. The van der Waals surface area contributed by atoms with E-state index in [2.05, 4.69) is 20.4 Å². The van der Waals surface area contributed by atoms with Crippen molar-refractivity contribution >= 4 is 34.6 Å². The van der Waals surface area contributed by atoms with Gasteiger partial charge in [-0.05, 0) is 87.1 Å². The Morgan fingerprint density at radius 1 is 1.14 bits per heavy atom. The number of benzene rings is 2. The first-order valence-corrected chi connectivity index (χ1v) is 12.7. The third-order valence-corrected chi connectivity index (χ3v) is 7.85. The van der Waals surface area contributed by atoms with Gasteiger partial charge in [0.15, 0.2) is 0 Å². The number of carbonyl (C=O) groups excluding carboxylic acids is 1. The molecule has 2 N–H and O–H groups in total. The van der Waals surface area contributed by atoms with Crippen LogP contribution in [0.2, 0.25) is 0 Å². The number of hydrogen-bond donors (Lipinski definition) is 2. The van der Waals surface area contributed by atoms with Crippen molar-refractivity contribution in [2.45, 2.75) is 36.8 Å². The van der Waals surface area contributed by atoms with Gasteiger partial charge in [-0.1, -0.05) is 30.0 Å². The van der Waals surface area contributed by atoms with Gasteiger partial charge < -0.3 is 10.2 Å². The van der Waals surface area contributed by atoms with E-state index in [9.17, 15) is 18.0 Å². The number of piperidine rings is 1.